The maximum Gasteiger partial charge on any atom is 0.126 e. The van der Waals surface area contributed by atoms with Gasteiger partial charge in [-0.1, -0.05) is 36.4 Å². The van der Waals surface area contributed by atoms with Crippen LogP contribution in [0.1, 0.15) is 23.5 Å². The molecule has 0 spiro atoms. The summed E-state index contributed by atoms with van der Waals surface area (Å²) in [5.74, 6) is 1.46. The third-order valence-electron chi connectivity index (χ3n) is 4.22. The van der Waals surface area contributed by atoms with E-state index >= 15 is 0 Å². The van der Waals surface area contributed by atoms with E-state index in [1.807, 2.05) is 30.3 Å². The second-order valence-corrected chi connectivity index (χ2v) is 5.68. The topological polar surface area (TPSA) is 35.2 Å². The Morgan fingerprint density at radius 3 is 2.71 bits per heavy atom. The van der Waals surface area contributed by atoms with E-state index in [4.69, 9.17) is 10.5 Å². The summed E-state index contributed by atoms with van der Waals surface area (Å²) in [6, 6.07) is 15.1. The zero-order valence-electron chi connectivity index (χ0n) is 12.0. The molecule has 2 atom stereocenters. The molecule has 1 aliphatic heterocycles. The molecule has 0 aliphatic carbocycles. The third-order valence-corrected chi connectivity index (χ3v) is 4.22. The molecular weight excluding hydrogens is 265 g/mol. The minimum atomic E-state index is -0.140. The molecule has 0 saturated heterocycles. The molecule has 2 unspecified atom stereocenters. The highest BCUT2D eigenvalue weighted by atomic mass is 19.1. The molecule has 0 amide bonds. The van der Waals surface area contributed by atoms with Gasteiger partial charge in [0.25, 0.3) is 0 Å². The molecule has 0 saturated carbocycles. The van der Waals surface area contributed by atoms with Crippen LogP contribution in [0.15, 0.2) is 48.5 Å². The molecule has 2 aromatic rings. The SMILES string of the molecule is NCC(Cc1ccccc1F)CC1COc2ccccc21. The van der Waals surface area contributed by atoms with Gasteiger partial charge in [0.2, 0.25) is 0 Å². The van der Waals surface area contributed by atoms with Crippen LogP contribution in [0.4, 0.5) is 4.39 Å². The molecule has 0 fully saturated rings. The Morgan fingerprint density at radius 2 is 1.90 bits per heavy atom. The van der Waals surface area contributed by atoms with Crippen molar-refractivity contribution in [2.75, 3.05) is 13.2 Å². The minimum Gasteiger partial charge on any atom is -0.493 e. The smallest absolute Gasteiger partial charge is 0.126 e. The van der Waals surface area contributed by atoms with Gasteiger partial charge >= 0.3 is 0 Å². The zero-order chi connectivity index (χ0) is 14.7. The van der Waals surface area contributed by atoms with Crippen molar-refractivity contribution in [2.45, 2.75) is 18.8 Å². The van der Waals surface area contributed by atoms with E-state index in [9.17, 15) is 4.39 Å². The van der Waals surface area contributed by atoms with E-state index < -0.39 is 0 Å². The molecule has 0 aromatic heterocycles. The normalized spacial score (nSPS) is 18.1. The van der Waals surface area contributed by atoms with Crippen molar-refractivity contribution >= 4 is 0 Å². The van der Waals surface area contributed by atoms with Crippen LogP contribution in [-0.4, -0.2) is 13.2 Å². The molecule has 2 aromatic carbocycles. The van der Waals surface area contributed by atoms with Crippen molar-refractivity contribution in [3.05, 3.63) is 65.5 Å². The van der Waals surface area contributed by atoms with Crippen LogP contribution in [0.25, 0.3) is 0 Å². The second-order valence-electron chi connectivity index (χ2n) is 5.68. The molecule has 0 bridgehead atoms. The van der Waals surface area contributed by atoms with E-state index in [0.29, 0.717) is 25.5 Å². The number of halogens is 1. The summed E-state index contributed by atoms with van der Waals surface area (Å²) < 4.78 is 19.5. The van der Waals surface area contributed by atoms with Crippen molar-refractivity contribution in [1.82, 2.24) is 0 Å². The molecule has 2 nitrogen and oxygen atoms in total. The molecule has 1 aliphatic rings. The number of fused-ring (bicyclic) bond motifs is 1. The minimum absolute atomic E-state index is 0.140. The maximum atomic E-state index is 13.8. The Morgan fingerprint density at radius 1 is 1.14 bits per heavy atom. The van der Waals surface area contributed by atoms with Gasteiger partial charge in [-0.15, -0.1) is 0 Å². The lowest BCUT2D eigenvalue weighted by molar-refractivity contribution is 0.306. The van der Waals surface area contributed by atoms with Gasteiger partial charge in [0.1, 0.15) is 11.6 Å². The Kier molecular flexibility index (Phi) is 4.20. The zero-order valence-corrected chi connectivity index (χ0v) is 12.0. The maximum absolute atomic E-state index is 13.8. The Labute approximate surface area is 124 Å². The lowest BCUT2D eigenvalue weighted by atomic mass is 9.86. The lowest BCUT2D eigenvalue weighted by Crippen LogP contribution is -2.20. The van der Waals surface area contributed by atoms with Crippen LogP contribution >= 0.6 is 0 Å². The van der Waals surface area contributed by atoms with E-state index in [2.05, 4.69) is 6.07 Å². The van der Waals surface area contributed by atoms with E-state index in [0.717, 1.165) is 17.7 Å². The highest BCUT2D eigenvalue weighted by Gasteiger charge is 2.26. The summed E-state index contributed by atoms with van der Waals surface area (Å²) >= 11 is 0. The van der Waals surface area contributed by atoms with Crippen molar-refractivity contribution in [2.24, 2.45) is 11.7 Å². The second kappa shape index (κ2) is 6.27. The van der Waals surface area contributed by atoms with Gasteiger partial charge in [0.05, 0.1) is 6.61 Å². The van der Waals surface area contributed by atoms with E-state index in [-0.39, 0.29) is 11.7 Å². The summed E-state index contributed by atoms with van der Waals surface area (Å²) in [7, 11) is 0. The first-order valence-corrected chi connectivity index (χ1v) is 7.43. The average Bonchev–Trinajstić information content (AvgIpc) is 2.92. The van der Waals surface area contributed by atoms with Crippen LogP contribution in [0.5, 0.6) is 5.75 Å². The van der Waals surface area contributed by atoms with Crippen molar-refractivity contribution in [1.29, 1.82) is 0 Å². The van der Waals surface area contributed by atoms with Crippen LogP contribution in [0.3, 0.4) is 0 Å². The third kappa shape index (κ3) is 3.08. The highest BCUT2D eigenvalue weighted by Crippen LogP contribution is 2.37. The van der Waals surface area contributed by atoms with Crippen LogP contribution < -0.4 is 10.5 Å². The van der Waals surface area contributed by atoms with Crippen LogP contribution in [0, 0.1) is 11.7 Å². The van der Waals surface area contributed by atoms with Crippen molar-refractivity contribution in [3.63, 3.8) is 0 Å². The predicted octanol–water partition coefficient (Wildman–Crippen LogP) is 3.51. The molecule has 110 valence electrons. The lowest BCUT2D eigenvalue weighted by Gasteiger charge is -2.19. The number of ether oxygens (including phenoxy) is 1. The summed E-state index contributed by atoms with van der Waals surface area (Å²) in [6.45, 7) is 1.26. The molecule has 3 rings (SSSR count). The number of hydrogen-bond donors (Lipinski definition) is 1. The Balaban J connectivity index is 1.70. The predicted molar refractivity (Wildman–Crippen MR) is 81.9 cm³/mol. The number of nitrogens with two attached hydrogens (primary N) is 1. The van der Waals surface area contributed by atoms with E-state index in [1.54, 1.807) is 6.07 Å². The molecule has 2 N–H and O–H groups in total. The molecule has 0 radical (unpaired) electrons. The van der Waals surface area contributed by atoms with Crippen molar-refractivity contribution < 1.29 is 9.13 Å². The van der Waals surface area contributed by atoms with Crippen LogP contribution in [-0.2, 0) is 6.42 Å². The summed E-state index contributed by atoms with van der Waals surface area (Å²) in [6.07, 6.45) is 1.61. The average molecular weight is 285 g/mol. The quantitative estimate of drug-likeness (QED) is 0.912. The highest BCUT2D eigenvalue weighted by molar-refractivity contribution is 5.39. The van der Waals surface area contributed by atoms with Gasteiger partial charge in [-0.2, -0.15) is 0 Å². The summed E-state index contributed by atoms with van der Waals surface area (Å²) in [4.78, 5) is 0. The summed E-state index contributed by atoms with van der Waals surface area (Å²) in [5.41, 5.74) is 7.91. The molecule has 21 heavy (non-hydrogen) atoms. The van der Waals surface area contributed by atoms with Crippen LogP contribution in [0.2, 0.25) is 0 Å². The number of rotatable bonds is 5. The standard InChI is InChI=1S/C18H20FNO/c19-17-7-3-1-5-14(17)9-13(11-20)10-15-12-21-18-8-4-2-6-16(15)18/h1-8,13,15H,9-12,20H2. The van der Waals surface area contributed by atoms with Gasteiger partial charge < -0.3 is 10.5 Å². The first-order valence-electron chi connectivity index (χ1n) is 7.43. The first kappa shape index (κ1) is 14.1. The Hall–Kier alpha value is -1.87. The first-order chi connectivity index (χ1) is 10.3. The van der Waals surface area contributed by atoms with Crippen molar-refractivity contribution in [3.8, 4) is 5.75 Å². The summed E-state index contributed by atoms with van der Waals surface area (Å²) in [5, 5.41) is 0. The van der Waals surface area contributed by atoms with E-state index in [1.165, 1.54) is 11.6 Å². The monoisotopic (exact) mass is 285 g/mol. The fourth-order valence-electron chi connectivity index (χ4n) is 3.06. The Bertz CT molecular complexity index is 614. The molecular formula is C18H20FNO. The van der Waals surface area contributed by atoms with Gasteiger partial charge in [0.15, 0.2) is 0 Å². The number of benzene rings is 2. The van der Waals surface area contributed by atoms with Gasteiger partial charge in [-0.25, -0.2) is 4.39 Å². The van der Waals surface area contributed by atoms with Gasteiger partial charge in [-0.05, 0) is 43.0 Å². The molecule has 3 heteroatoms. The fraction of sp³-hybridized carbons (Fsp3) is 0.333. The largest absolute Gasteiger partial charge is 0.493 e. The number of hydrogen-bond acceptors (Lipinski definition) is 2. The number of para-hydroxylation sites is 1. The van der Waals surface area contributed by atoms with Gasteiger partial charge in [-0.3, -0.25) is 0 Å². The van der Waals surface area contributed by atoms with Gasteiger partial charge in [0, 0.05) is 11.5 Å². The molecule has 1 heterocycles. The fourth-order valence-corrected chi connectivity index (χ4v) is 3.06.